The first-order valence-electron chi connectivity index (χ1n) is 4.69. The van der Waals surface area contributed by atoms with Crippen molar-refractivity contribution in [1.82, 2.24) is 4.98 Å². The van der Waals surface area contributed by atoms with Gasteiger partial charge >= 0.3 is 0 Å². The van der Waals surface area contributed by atoms with Gasteiger partial charge in [0.25, 0.3) is 0 Å². The molecule has 0 unspecified atom stereocenters. The maximum Gasteiger partial charge on any atom is 0.232 e. The lowest BCUT2D eigenvalue weighted by molar-refractivity contribution is 0.291. The summed E-state index contributed by atoms with van der Waals surface area (Å²) in [4.78, 5) is 4.09. The highest BCUT2D eigenvalue weighted by molar-refractivity contribution is 9.10. The molecule has 0 radical (unpaired) electrons. The monoisotopic (exact) mass is 275 g/mol. The molecule has 1 aromatic rings. The average molecular weight is 277 g/mol. The lowest BCUT2D eigenvalue weighted by Crippen LogP contribution is -2.00. The molecule has 2 nitrogen and oxygen atoms in total. The summed E-state index contributed by atoms with van der Waals surface area (Å²) < 4.78 is 6.35. The number of ether oxygens (including phenoxy) is 1. The van der Waals surface area contributed by atoms with Crippen molar-refractivity contribution in [3.8, 4) is 5.88 Å². The quantitative estimate of drug-likeness (QED) is 0.837. The standard InChI is InChI=1S/C10H11BrClNO/c11-8-5-9(12)10(13-6-8)14-4-3-7-1-2-7/h5-7H,1-4H2. The third-order valence-corrected chi connectivity index (χ3v) is 2.94. The Morgan fingerprint density at radius 1 is 1.57 bits per heavy atom. The Bertz CT molecular complexity index is 328. The van der Waals surface area contributed by atoms with E-state index in [1.165, 1.54) is 12.8 Å². The largest absolute Gasteiger partial charge is 0.477 e. The van der Waals surface area contributed by atoms with Gasteiger partial charge in [-0.05, 0) is 34.3 Å². The SMILES string of the molecule is Clc1cc(Br)cnc1OCCC1CC1. The zero-order valence-corrected chi connectivity index (χ0v) is 10.0. The predicted octanol–water partition coefficient (Wildman–Crippen LogP) is 3.68. The number of hydrogen-bond donors (Lipinski definition) is 0. The molecule has 0 spiro atoms. The summed E-state index contributed by atoms with van der Waals surface area (Å²) >= 11 is 9.24. The molecule has 1 heterocycles. The highest BCUT2D eigenvalue weighted by Gasteiger charge is 2.20. The number of nitrogens with zero attached hydrogens (tertiary/aromatic N) is 1. The van der Waals surface area contributed by atoms with Crippen molar-refractivity contribution in [1.29, 1.82) is 0 Å². The molecular weight excluding hydrogens is 265 g/mol. The summed E-state index contributed by atoms with van der Waals surface area (Å²) in [5.74, 6) is 1.42. The van der Waals surface area contributed by atoms with Gasteiger partial charge in [-0.1, -0.05) is 24.4 Å². The highest BCUT2D eigenvalue weighted by Crippen LogP contribution is 2.32. The first kappa shape index (κ1) is 10.2. The van der Waals surface area contributed by atoms with Crippen LogP contribution in [0.2, 0.25) is 5.02 Å². The van der Waals surface area contributed by atoms with Crippen LogP contribution in [0.4, 0.5) is 0 Å². The fourth-order valence-corrected chi connectivity index (χ4v) is 1.92. The zero-order valence-electron chi connectivity index (χ0n) is 7.67. The Labute approximate surface area is 96.8 Å². The van der Waals surface area contributed by atoms with E-state index in [9.17, 15) is 0 Å². The number of pyridine rings is 1. The number of halogens is 2. The summed E-state index contributed by atoms with van der Waals surface area (Å²) in [6.45, 7) is 0.721. The van der Waals surface area contributed by atoms with Crippen molar-refractivity contribution in [2.45, 2.75) is 19.3 Å². The van der Waals surface area contributed by atoms with Crippen LogP contribution in [0.1, 0.15) is 19.3 Å². The van der Waals surface area contributed by atoms with Crippen LogP contribution in [-0.4, -0.2) is 11.6 Å². The van der Waals surface area contributed by atoms with E-state index in [1.807, 2.05) is 0 Å². The molecule has 2 rings (SSSR count). The van der Waals surface area contributed by atoms with Crippen molar-refractivity contribution in [2.75, 3.05) is 6.61 Å². The fraction of sp³-hybridized carbons (Fsp3) is 0.500. The first-order chi connectivity index (χ1) is 6.75. The van der Waals surface area contributed by atoms with Crippen LogP contribution in [0.3, 0.4) is 0 Å². The van der Waals surface area contributed by atoms with E-state index < -0.39 is 0 Å². The van der Waals surface area contributed by atoms with Gasteiger partial charge in [0, 0.05) is 10.7 Å². The molecule has 76 valence electrons. The molecule has 14 heavy (non-hydrogen) atoms. The maximum atomic E-state index is 5.94. The van der Waals surface area contributed by atoms with Crippen LogP contribution in [0.15, 0.2) is 16.7 Å². The second kappa shape index (κ2) is 4.49. The zero-order chi connectivity index (χ0) is 9.97. The van der Waals surface area contributed by atoms with Crippen molar-refractivity contribution >= 4 is 27.5 Å². The van der Waals surface area contributed by atoms with Gasteiger partial charge in [0.1, 0.15) is 5.02 Å². The van der Waals surface area contributed by atoms with E-state index in [0.29, 0.717) is 10.9 Å². The van der Waals surface area contributed by atoms with E-state index in [-0.39, 0.29) is 0 Å². The number of aromatic nitrogens is 1. The van der Waals surface area contributed by atoms with Crippen molar-refractivity contribution in [3.63, 3.8) is 0 Å². The second-order valence-corrected chi connectivity index (χ2v) is 4.84. The summed E-state index contributed by atoms with van der Waals surface area (Å²) in [6.07, 6.45) is 5.52. The highest BCUT2D eigenvalue weighted by atomic mass is 79.9. The van der Waals surface area contributed by atoms with Crippen molar-refractivity contribution in [3.05, 3.63) is 21.8 Å². The molecular formula is C10H11BrClNO. The number of hydrogen-bond acceptors (Lipinski definition) is 2. The van der Waals surface area contributed by atoms with Gasteiger partial charge in [-0.15, -0.1) is 0 Å². The lowest BCUT2D eigenvalue weighted by Gasteiger charge is -2.05. The molecule has 0 aliphatic heterocycles. The molecule has 0 atom stereocenters. The van der Waals surface area contributed by atoms with Crippen molar-refractivity contribution in [2.24, 2.45) is 5.92 Å². The van der Waals surface area contributed by atoms with Gasteiger partial charge in [0.2, 0.25) is 5.88 Å². The smallest absolute Gasteiger partial charge is 0.232 e. The van der Waals surface area contributed by atoms with Crippen LogP contribution >= 0.6 is 27.5 Å². The van der Waals surface area contributed by atoms with Gasteiger partial charge in [-0.3, -0.25) is 0 Å². The van der Waals surface area contributed by atoms with Crippen LogP contribution in [0.25, 0.3) is 0 Å². The van der Waals surface area contributed by atoms with Crippen LogP contribution < -0.4 is 4.74 Å². The van der Waals surface area contributed by atoms with Gasteiger partial charge in [-0.2, -0.15) is 0 Å². The average Bonchev–Trinajstić information content (AvgIpc) is 2.92. The molecule has 1 aromatic heterocycles. The Morgan fingerprint density at radius 3 is 3.00 bits per heavy atom. The molecule has 1 saturated carbocycles. The van der Waals surface area contributed by atoms with Crippen molar-refractivity contribution < 1.29 is 4.74 Å². The van der Waals surface area contributed by atoms with Gasteiger partial charge < -0.3 is 4.74 Å². The summed E-state index contributed by atoms with van der Waals surface area (Å²) in [6, 6.07) is 1.79. The Morgan fingerprint density at radius 2 is 2.36 bits per heavy atom. The first-order valence-corrected chi connectivity index (χ1v) is 5.86. The molecule has 1 fully saturated rings. The maximum absolute atomic E-state index is 5.94. The summed E-state index contributed by atoms with van der Waals surface area (Å²) in [7, 11) is 0. The summed E-state index contributed by atoms with van der Waals surface area (Å²) in [5.41, 5.74) is 0. The third-order valence-electron chi connectivity index (χ3n) is 2.24. The minimum atomic E-state index is 0.538. The van der Waals surface area contributed by atoms with E-state index in [1.54, 1.807) is 12.3 Å². The molecule has 0 bridgehead atoms. The second-order valence-electron chi connectivity index (χ2n) is 3.52. The minimum Gasteiger partial charge on any atom is -0.477 e. The molecule has 0 saturated heterocycles. The minimum absolute atomic E-state index is 0.538. The van der Waals surface area contributed by atoms with Gasteiger partial charge in [0.05, 0.1) is 6.61 Å². The predicted molar refractivity (Wildman–Crippen MR) is 59.8 cm³/mol. The van der Waals surface area contributed by atoms with Crippen LogP contribution in [0, 0.1) is 5.92 Å². The van der Waals surface area contributed by atoms with Crippen LogP contribution in [-0.2, 0) is 0 Å². The number of rotatable bonds is 4. The van der Waals surface area contributed by atoms with Gasteiger partial charge in [-0.25, -0.2) is 4.98 Å². The Hall–Kier alpha value is -0.280. The van der Waals surface area contributed by atoms with Gasteiger partial charge in [0.15, 0.2) is 0 Å². The van der Waals surface area contributed by atoms with E-state index in [2.05, 4.69) is 20.9 Å². The Kier molecular flexibility index (Phi) is 3.29. The normalized spacial score (nSPS) is 15.6. The van der Waals surface area contributed by atoms with Crippen LogP contribution in [0.5, 0.6) is 5.88 Å². The lowest BCUT2D eigenvalue weighted by atomic mass is 10.3. The molecule has 0 aromatic carbocycles. The van der Waals surface area contributed by atoms with E-state index in [4.69, 9.17) is 16.3 Å². The topological polar surface area (TPSA) is 22.1 Å². The van der Waals surface area contributed by atoms with E-state index in [0.717, 1.165) is 23.4 Å². The molecule has 0 amide bonds. The molecule has 1 aliphatic rings. The summed E-state index contributed by atoms with van der Waals surface area (Å²) in [5, 5.41) is 0.565. The van der Waals surface area contributed by atoms with E-state index >= 15 is 0 Å². The molecule has 0 N–H and O–H groups in total. The fourth-order valence-electron chi connectivity index (χ4n) is 1.24. The third kappa shape index (κ3) is 2.85. The molecule has 4 heteroatoms. The Balaban J connectivity index is 1.87. The molecule has 1 aliphatic carbocycles.